The van der Waals surface area contributed by atoms with E-state index in [4.69, 9.17) is 13.9 Å². The number of aromatic nitrogens is 4. The SMILES string of the molecule is CNc1cc(-c2cnc(O[C@H]3C[C@@H](C(=O)O)N(c4nc(C(F)F)nc5c4oc4ccccc45)C3)c([C@@]3(F)CCOC[C@@H]3C)c2)ccn1. The van der Waals surface area contributed by atoms with Crippen molar-refractivity contribution < 1.29 is 37.0 Å². The Labute approximate surface area is 266 Å². The molecule has 0 spiro atoms. The summed E-state index contributed by atoms with van der Waals surface area (Å²) in [5.41, 5.74) is 0.416. The minimum absolute atomic E-state index is 0.0220. The summed E-state index contributed by atoms with van der Waals surface area (Å²) in [4.78, 5) is 30.9. The zero-order chi connectivity index (χ0) is 32.9. The average molecular weight is 649 g/mol. The van der Waals surface area contributed by atoms with Gasteiger partial charge in [-0.15, -0.1) is 0 Å². The lowest BCUT2D eigenvalue weighted by Crippen LogP contribution is -2.38. The number of anilines is 2. The molecule has 244 valence electrons. The van der Waals surface area contributed by atoms with Crippen LogP contribution in [0.4, 0.5) is 24.8 Å². The maximum Gasteiger partial charge on any atom is 0.326 e. The molecule has 2 aliphatic rings. The minimum atomic E-state index is -3.01. The van der Waals surface area contributed by atoms with Gasteiger partial charge in [-0.1, -0.05) is 19.1 Å². The second-order valence-corrected chi connectivity index (χ2v) is 11.8. The van der Waals surface area contributed by atoms with Crippen LogP contribution in [0.2, 0.25) is 0 Å². The summed E-state index contributed by atoms with van der Waals surface area (Å²) in [7, 11) is 1.75. The highest BCUT2D eigenvalue weighted by atomic mass is 19.3. The van der Waals surface area contributed by atoms with Crippen LogP contribution in [0.1, 0.15) is 37.6 Å². The highest BCUT2D eigenvalue weighted by Crippen LogP contribution is 2.46. The number of halogens is 3. The Kier molecular flexibility index (Phi) is 7.82. The molecule has 1 aromatic carbocycles. The van der Waals surface area contributed by atoms with Gasteiger partial charge in [-0.3, -0.25) is 0 Å². The van der Waals surface area contributed by atoms with Crippen LogP contribution in [-0.2, 0) is 15.2 Å². The lowest BCUT2D eigenvalue weighted by atomic mass is 9.80. The molecule has 47 heavy (non-hydrogen) atoms. The van der Waals surface area contributed by atoms with Crippen LogP contribution in [0.15, 0.2) is 59.3 Å². The van der Waals surface area contributed by atoms with Crippen molar-refractivity contribution in [3.8, 4) is 17.0 Å². The molecule has 0 saturated carbocycles. The number of rotatable bonds is 8. The van der Waals surface area contributed by atoms with E-state index in [-0.39, 0.29) is 61.0 Å². The van der Waals surface area contributed by atoms with Crippen molar-refractivity contribution in [3.63, 3.8) is 0 Å². The number of fused-ring (bicyclic) bond motifs is 3. The molecule has 2 saturated heterocycles. The van der Waals surface area contributed by atoms with Crippen LogP contribution in [0.3, 0.4) is 0 Å². The van der Waals surface area contributed by atoms with Gasteiger partial charge in [0.1, 0.15) is 34.7 Å². The molecule has 2 N–H and O–H groups in total. The minimum Gasteiger partial charge on any atom is -0.480 e. The van der Waals surface area contributed by atoms with Gasteiger partial charge in [0.25, 0.3) is 6.43 Å². The van der Waals surface area contributed by atoms with E-state index < -0.39 is 42.0 Å². The molecule has 11 nitrogen and oxygen atoms in total. The lowest BCUT2D eigenvalue weighted by Gasteiger charge is -2.37. The van der Waals surface area contributed by atoms with Gasteiger partial charge in [0.05, 0.1) is 18.7 Å². The number of nitrogens with zero attached hydrogens (tertiary/aromatic N) is 5. The van der Waals surface area contributed by atoms with Crippen molar-refractivity contribution >= 4 is 39.7 Å². The van der Waals surface area contributed by atoms with Gasteiger partial charge in [-0.05, 0) is 35.9 Å². The zero-order valence-corrected chi connectivity index (χ0v) is 25.5. The molecule has 0 unspecified atom stereocenters. The van der Waals surface area contributed by atoms with E-state index in [1.54, 1.807) is 62.8 Å². The number of ether oxygens (including phenoxy) is 2. The quantitative estimate of drug-likeness (QED) is 0.201. The maximum absolute atomic E-state index is 17.0. The van der Waals surface area contributed by atoms with Crippen molar-refractivity contribution in [1.82, 2.24) is 19.9 Å². The second kappa shape index (κ2) is 12.0. The smallest absolute Gasteiger partial charge is 0.326 e. The first-order valence-electron chi connectivity index (χ1n) is 15.2. The van der Waals surface area contributed by atoms with Crippen LogP contribution in [0.5, 0.6) is 5.88 Å². The number of para-hydroxylation sites is 1. The number of carboxylic acid groups (broad SMARTS) is 1. The molecular weight excluding hydrogens is 617 g/mol. The van der Waals surface area contributed by atoms with Gasteiger partial charge in [0, 0.05) is 55.8 Å². The standard InChI is InChI=1S/C33H31F3N6O5/c1-17-16-45-10-8-33(17,36)22-11-19(18-7-9-38-25(12-18)37-2)14-39-31(22)46-20-13-23(32(43)44)42(15-20)30-27-26(40-29(41-30)28(34)35)21-5-3-4-6-24(21)47-27/h3-7,9,11-12,14,17,20,23,28H,8,10,13,15-16H2,1-2H3,(H,37,38)(H,43,44)/t17-,20-,23-,33+/m0/s1. The molecule has 14 heteroatoms. The number of hydrogen-bond acceptors (Lipinski definition) is 10. The molecule has 0 bridgehead atoms. The van der Waals surface area contributed by atoms with Crippen LogP contribution >= 0.6 is 0 Å². The highest BCUT2D eigenvalue weighted by Gasteiger charge is 2.46. The zero-order valence-electron chi connectivity index (χ0n) is 25.5. The summed E-state index contributed by atoms with van der Waals surface area (Å²) in [5, 5.41) is 13.7. The van der Waals surface area contributed by atoms with Crippen LogP contribution < -0.4 is 15.0 Å². The fourth-order valence-corrected chi connectivity index (χ4v) is 6.40. The number of carbonyl (C=O) groups is 1. The van der Waals surface area contributed by atoms with Crippen molar-refractivity contribution in [2.75, 3.05) is 37.0 Å². The third kappa shape index (κ3) is 5.45. The van der Waals surface area contributed by atoms with Crippen LogP contribution in [-0.4, -0.2) is 70.0 Å². The Morgan fingerprint density at radius 1 is 1.17 bits per heavy atom. The molecule has 5 aromatic rings. The van der Waals surface area contributed by atoms with E-state index in [2.05, 4.69) is 25.3 Å². The number of carboxylic acids is 1. The monoisotopic (exact) mass is 648 g/mol. The first kappa shape index (κ1) is 30.7. The molecule has 0 aliphatic carbocycles. The molecule has 2 aliphatic heterocycles. The van der Waals surface area contributed by atoms with Crippen molar-refractivity contribution in [3.05, 3.63) is 66.2 Å². The Hall–Kier alpha value is -4.98. The molecule has 0 radical (unpaired) electrons. The number of benzene rings is 1. The number of hydrogen-bond donors (Lipinski definition) is 2. The van der Waals surface area contributed by atoms with E-state index in [0.717, 1.165) is 5.56 Å². The fourth-order valence-electron chi connectivity index (χ4n) is 6.40. The van der Waals surface area contributed by atoms with Crippen molar-refractivity contribution in [1.29, 1.82) is 0 Å². The summed E-state index contributed by atoms with van der Waals surface area (Å²) in [6.07, 6.45) is -0.599. The maximum atomic E-state index is 17.0. The van der Waals surface area contributed by atoms with Gasteiger partial charge in [0.2, 0.25) is 5.88 Å². The van der Waals surface area contributed by atoms with Gasteiger partial charge in [0.15, 0.2) is 17.2 Å². The average Bonchev–Trinajstić information content (AvgIpc) is 3.68. The van der Waals surface area contributed by atoms with Crippen molar-refractivity contribution in [2.45, 2.75) is 44.0 Å². The molecular formula is C33H31F3N6O5. The van der Waals surface area contributed by atoms with E-state index in [1.165, 1.54) is 4.90 Å². The number of aliphatic carboxylic acids is 1. The molecule has 0 amide bonds. The summed E-state index contributed by atoms with van der Waals surface area (Å²) in [6, 6.07) is 10.9. The second-order valence-electron chi connectivity index (χ2n) is 11.8. The Bertz CT molecular complexity index is 1970. The largest absolute Gasteiger partial charge is 0.480 e. The van der Waals surface area contributed by atoms with Gasteiger partial charge in [-0.25, -0.2) is 37.9 Å². The molecule has 2 fully saturated rings. The van der Waals surface area contributed by atoms with Gasteiger partial charge >= 0.3 is 5.97 Å². The predicted molar refractivity (Wildman–Crippen MR) is 166 cm³/mol. The number of alkyl halides is 3. The third-order valence-electron chi connectivity index (χ3n) is 8.92. The Balaban J connectivity index is 1.28. The van der Waals surface area contributed by atoms with E-state index in [1.807, 2.05) is 6.07 Å². The van der Waals surface area contributed by atoms with E-state index in [9.17, 15) is 18.7 Å². The summed E-state index contributed by atoms with van der Waals surface area (Å²) in [6.45, 7) is 2.09. The predicted octanol–water partition coefficient (Wildman–Crippen LogP) is 6.14. The Morgan fingerprint density at radius 2 is 2.00 bits per heavy atom. The summed E-state index contributed by atoms with van der Waals surface area (Å²) < 4.78 is 62.9. The number of pyridine rings is 2. The first-order valence-corrected chi connectivity index (χ1v) is 15.2. The number of nitrogens with one attached hydrogen (secondary N) is 1. The van der Waals surface area contributed by atoms with E-state index >= 15 is 4.39 Å². The highest BCUT2D eigenvalue weighted by molar-refractivity contribution is 6.06. The topological polar surface area (TPSA) is 136 Å². The van der Waals surface area contributed by atoms with Gasteiger partial charge < -0.3 is 29.2 Å². The fraction of sp³-hybridized carbons (Fsp3) is 0.364. The Morgan fingerprint density at radius 3 is 2.77 bits per heavy atom. The first-order chi connectivity index (χ1) is 22.7. The van der Waals surface area contributed by atoms with Gasteiger partial charge in [-0.2, -0.15) is 0 Å². The molecule has 6 heterocycles. The summed E-state index contributed by atoms with van der Waals surface area (Å²) in [5.74, 6) is -1.92. The summed E-state index contributed by atoms with van der Waals surface area (Å²) >= 11 is 0. The molecule has 4 atom stereocenters. The van der Waals surface area contributed by atoms with Crippen molar-refractivity contribution in [2.24, 2.45) is 5.92 Å². The third-order valence-corrected chi connectivity index (χ3v) is 8.92. The molecule has 7 rings (SSSR count). The number of furan rings is 1. The van der Waals surface area contributed by atoms with Crippen LogP contribution in [0, 0.1) is 5.92 Å². The van der Waals surface area contributed by atoms with E-state index in [0.29, 0.717) is 22.4 Å². The molecule has 4 aromatic heterocycles. The normalized spacial score (nSPS) is 23.1. The lowest BCUT2D eigenvalue weighted by molar-refractivity contribution is -0.138. The van der Waals surface area contributed by atoms with Crippen LogP contribution in [0.25, 0.3) is 33.2 Å².